The molecule has 1 fully saturated rings. The predicted molar refractivity (Wildman–Crippen MR) is 66.6 cm³/mol. The molecule has 1 nitrogen and oxygen atoms in total. The van der Waals surface area contributed by atoms with Crippen LogP contribution in [-0.4, -0.2) is 23.1 Å². The maximum Gasteiger partial charge on any atom is 0.426 e. The number of hydrogen-bond acceptors (Lipinski definition) is 1. The fraction of sp³-hybridized carbons (Fsp3) is 1.00. The van der Waals surface area contributed by atoms with E-state index >= 15 is 0 Å². The third-order valence-electron chi connectivity index (χ3n) is 4.75. The molecule has 0 radical (unpaired) electrons. The Morgan fingerprint density at radius 1 is 1.00 bits per heavy atom. The summed E-state index contributed by atoms with van der Waals surface area (Å²) in [6.45, 7) is 3.78. The lowest BCUT2D eigenvalue weighted by Gasteiger charge is -2.44. The van der Waals surface area contributed by atoms with E-state index < -0.39 is 23.9 Å². The van der Waals surface area contributed by atoms with Gasteiger partial charge < -0.3 is 5.11 Å². The van der Waals surface area contributed by atoms with E-state index in [-0.39, 0.29) is 31.1 Å². The first-order valence-corrected chi connectivity index (χ1v) is 7.31. The predicted octanol–water partition coefficient (Wildman–Crippen LogP) is 5.08. The van der Waals surface area contributed by atoms with Gasteiger partial charge in [0.05, 0.1) is 0 Å². The smallest absolute Gasteiger partial charge is 0.373 e. The van der Waals surface area contributed by atoms with Crippen molar-refractivity contribution in [3.8, 4) is 0 Å². The summed E-state index contributed by atoms with van der Waals surface area (Å²) < 4.78 is 77.3. The first-order valence-electron chi connectivity index (χ1n) is 7.31. The van der Waals surface area contributed by atoms with Gasteiger partial charge in [0.15, 0.2) is 0 Å². The molecule has 0 amide bonds. The number of aliphatic hydroxyl groups is 1. The van der Waals surface area contributed by atoms with E-state index in [4.69, 9.17) is 0 Å². The Labute approximate surface area is 120 Å². The molecule has 0 aromatic carbocycles. The van der Waals surface area contributed by atoms with Crippen molar-refractivity contribution in [3.05, 3.63) is 0 Å². The van der Waals surface area contributed by atoms with Gasteiger partial charge in [-0.05, 0) is 24.7 Å². The Hall–Kier alpha value is -0.460. The molecule has 1 N–H and O–H groups in total. The monoisotopic (exact) mass is 320 g/mol. The van der Waals surface area contributed by atoms with Crippen molar-refractivity contribution in [1.82, 2.24) is 0 Å². The number of hydrogen-bond donors (Lipinski definition) is 1. The molecule has 0 saturated heterocycles. The Kier molecular flexibility index (Phi) is 5.61. The molecule has 1 aliphatic rings. The largest absolute Gasteiger partial charge is 0.426 e. The van der Waals surface area contributed by atoms with Crippen molar-refractivity contribution in [2.45, 2.75) is 70.3 Å². The van der Waals surface area contributed by atoms with Crippen LogP contribution in [-0.2, 0) is 0 Å². The van der Waals surface area contributed by atoms with Gasteiger partial charge >= 0.3 is 12.4 Å². The molecule has 7 heteroatoms. The number of rotatable bonds is 4. The molecule has 0 bridgehead atoms. The van der Waals surface area contributed by atoms with Gasteiger partial charge in [0.2, 0.25) is 0 Å². The van der Waals surface area contributed by atoms with E-state index in [1.54, 1.807) is 0 Å². The van der Waals surface area contributed by atoms with Gasteiger partial charge in [-0.3, -0.25) is 0 Å². The highest BCUT2D eigenvalue weighted by Gasteiger charge is 2.73. The molecule has 126 valence electrons. The average Bonchev–Trinajstić information content (AvgIpc) is 2.34. The standard InChI is InChI=1S/C14H22F6O/c1-3-4-5-10-8-11(7-6-9(10)2)12(21,13(15,16)17)14(18,19)20/h9-11,21H,3-8H2,1-2H3. The zero-order valence-electron chi connectivity index (χ0n) is 12.2. The second kappa shape index (κ2) is 6.34. The third kappa shape index (κ3) is 3.66. The van der Waals surface area contributed by atoms with Crippen molar-refractivity contribution < 1.29 is 31.4 Å². The Balaban J connectivity index is 3.00. The molecule has 1 saturated carbocycles. The second-order valence-corrected chi connectivity index (χ2v) is 6.15. The number of alkyl halides is 6. The van der Waals surface area contributed by atoms with E-state index in [2.05, 4.69) is 0 Å². The van der Waals surface area contributed by atoms with Crippen molar-refractivity contribution in [1.29, 1.82) is 0 Å². The molecule has 3 atom stereocenters. The molecule has 21 heavy (non-hydrogen) atoms. The highest BCUT2D eigenvalue weighted by Crippen LogP contribution is 2.53. The van der Waals surface area contributed by atoms with E-state index in [9.17, 15) is 31.4 Å². The van der Waals surface area contributed by atoms with Crippen LogP contribution in [0.3, 0.4) is 0 Å². The van der Waals surface area contributed by atoms with Gasteiger partial charge in [-0.2, -0.15) is 26.3 Å². The molecule has 1 aliphatic carbocycles. The van der Waals surface area contributed by atoms with Crippen LogP contribution in [0.1, 0.15) is 52.4 Å². The van der Waals surface area contributed by atoms with Gasteiger partial charge in [-0.25, -0.2) is 0 Å². The molecule has 3 unspecified atom stereocenters. The molecular weight excluding hydrogens is 298 g/mol. The second-order valence-electron chi connectivity index (χ2n) is 6.15. The van der Waals surface area contributed by atoms with Gasteiger partial charge in [0.25, 0.3) is 5.60 Å². The maximum absolute atomic E-state index is 12.9. The lowest BCUT2D eigenvalue weighted by molar-refractivity contribution is -0.388. The van der Waals surface area contributed by atoms with Gasteiger partial charge in [-0.1, -0.05) is 39.5 Å². The van der Waals surface area contributed by atoms with E-state index in [0.29, 0.717) is 6.42 Å². The quantitative estimate of drug-likeness (QED) is 0.716. The molecular formula is C14H22F6O. The highest BCUT2D eigenvalue weighted by molar-refractivity contribution is 5.01. The molecule has 0 aromatic heterocycles. The summed E-state index contributed by atoms with van der Waals surface area (Å²) >= 11 is 0. The fourth-order valence-corrected chi connectivity index (χ4v) is 3.29. The molecule has 1 rings (SSSR count). The zero-order chi connectivity index (χ0) is 16.5. The summed E-state index contributed by atoms with van der Waals surface area (Å²) in [6.07, 6.45) is -9.37. The summed E-state index contributed by atoms with van der Waals surface area (Å²) in [5.41, 5.74) is -4.59. The normalized spacial score (nSPS) is 28.7. The first kappa shape index (κ1) is 18.6. The minimum atomic E-state index is -5.70. The van der Waals surface area contributed by atoms with Gasteiger partial charge in [0.1, 0.15) is 0 Å². The SMILES string of the molecule is CCCCC1CC(C(O)(C(F)(F)F)C(F)(F)F)CCC1C. The minimum Gasteiger partial charge on any atom is -0.373 e. The summed E-state index contributed by atoms with van der Waals surface area (Å²) in [6, 6.07) is 0. The highest BCUT2D eigenvalue weighted by atomic mass is 19.4. The van der Waals surface area contributed by atoms with Crippen LogP contribution >= 0.6 is 0 Å². The van der Waals surface area contributed by atoms with Crippen LogP contribution in [0.5, 0.6) is 0 Å². The van der Waals surface area contributed by atoms with Gasteiger partial charge in [0, 0.05) is 5.92 Å². The van der Waals surface area contributed by atoms with Crippen LogP contribution in [0.15, 0.2) is 0 Å². The Morgan fingerprint density at radius 2 is 1.52 bits per heavy atom. The lowest BCUT2D eigenvalue weighted by Crippen LogP contribution is -2.62. The van der Waals surface area contributed by atoms with E-state index in [1.165, 1.54) is 0 Å². The fourth-order valence-electron chi connectivity index (χ4n) is 3.29. The van der Waals surface area contributed by atoms with Crippen LogP contribution in [0.2, 0.25) is 0 Å². The summed E-state index contributed by atoms with van der Waals surface area (Å²) in [5.74, 6) is -1.91. The van der Waals surface area contributed by atoms with Crippen LogP contribution in [0.4, 0.5) is 26.3 Å². The lowest BCUT2D eigenvalue weighted by atomic mass is 9.67. The summed E-state index contributed by atoms with van der Waals surface area (Å²) in [4.78, 5) is 0. The molecule has 0 heterocycles. The first-order chi connectivity index (χ1) is 9.45. The van der Waals surface area contributed by atoms with Crippen LogP contribution in [0.25, 0.3) is 0 Å². The van der Waals surface area contributed by atoms with Crippen molar-refractivity contribution in [3.63, 3.8) is 0 Å². The Bertz CT molecular complexity index is 321. The minimum absolute atomic E-state index is 0.0958. The number of unbranched alkanes of at least 4 members (excludes halogenated alkanes) is 1. The van der Waals surface area contributed by atoms with E-state index in [0.717, 1.165) is 12.8 Å². The Morgan fingerprint density at radius 3 is 1.95 bits per heavy atom. The average molecular weight is 320 g/mol. The molecule has 0 aliphatic heterocycles. The number of halogens is 6. The third-order valence-corrected chi connectivity index (χ3v) is 4.75. The van der Waals surface area contributed by atoms with Crippen molar-refractivity contribution in [2.24, 2.45) is 17.8 Å². The molecule has 0 spiro atoms. The van der Waals surface area contributed by atoms with Gasteiger partial charge in [-0.15, -0.1) is 0 Å². The van der Waals surface area contributed by atoms with Crippen molar-refractivity contribution >= 4 is 0 Å². The summed E-state index contributed by atoms with van der Waals surface area (Å²) in [7, 11) is 0. The van der Waals surface area contributed by atoms with Crippen LogP contribution < -0.4 is 0 Å². The molecule has 0 aromatic rings. The van der Waals surface area contributed by atoms with Crippen molar-refractivity contribution in [2.75, 3.05) is 0 Å². The van der Waals surface area contributed by atoms with Crippen LogP contribution in [0, 0.1) is 17.8 Å². The maximum atomic E-state index is 12.9. The summed E-state index contributed by atoms with van der Waals surface area (Å²) in [5, 5.41) is 9.49. The van der Waals surface area contributed by atoms with E-state index in [1.807, 2.05) is 13.8 Å². The topological polar surface area (TPSA) is 20.2 Å². The zero-order valence-corrected chi connectivity index (χ0v) is 12.2.